The molecular weight excluding hydrogens is 217 g/mol. The summed E-state index contributed by atoms with van der Waals surface area (Å²) >= 11 is 0. The highest BCUT2D eigenvalue weighted by Gasteiger charge is 2.31. The van der Waals surface area contributed by atoms with Crippen LogP contribution in [0.4, 0.5) is 13.2 Å². The van der Waals surface area contributed by atoms with Crippen molar-refractivity contribution in [3.63, 3.8) is 0 Å². The van der Waals surface area contributed by atoms with Gasteiger partial charge in [0.1, 0.15) is 0 Å². The van der Waals surface area contributed by atoms with E-state index in [0.29, 0.717) is 12.1 Å². The van der Waals surface area contributed by atoms with Crippen molar-refractivity contribution < 1.29 is 17.7 Å². The van der Waals surface area contributed by atoms with Gasteiger partial charge >= 0.3 is 6.18 Å². The maximum absolute atomic E-state index is 12.5. The molecule has 2 rings (SSSR count). The smallest absolute Gasteiger partial charge is 0.233 e. The Labute approximate surface area is 90.9 Å². The summed E-state index contributed by atoms with van der Waals surface area (Å²) < 4.78 is 41.2. The van der Waals surface area contributed by atoms with Crippen LogP contribution in [0.15, 0.2) is 24.5 Å². The summed E-state index contributed by atoms with van der Waals surface area (Å²) in [6.45, 7) is 2.55. The number of imidazole rings is 1. The van der Waals surface area contributed by atoms with Crippen molar-refractivity contribution in [3.05, 3.63) is 30.1 Å². The molecule has 0 radical (unpaired) electrons. The maximum Gasteiger partial charge on any atom is 0.416 e. The number of aromatic nitrogens is 2. The second-order valence-electron chi connectivity index (χ2n) is 3.71. The van der Waals surface area contributed by atoms with E-state index in [1.54, 1.807) is 10.9 Å². The Kier molecular flexibility index (Phi) is 2.40. The lowest BCUT2D eigenvalue weighted by Crippen LogP contribution is -2.25. The minimum atomic E-state index is -4.28. The molecule has 0 fully saturated rings. The predicted molar refractivity (Wildman–Crippen MR) is 53.8 cm³/mol. The number of fused-ring (bicyclic) bond motifs is 1. The SMILES string of the molecule is CCn1c[n+](C)c2ccc(C(F)(F)F)cc21. The van der Waals surface area contributed by atoms with E-state index in [-0.39, 0.29) is 0 Å². The molecule has 1 heterocycles. The molecule has 5 heteroatoms. The topological polar surface area (TPSA) is 8.81 Å². The molecular formula is C11H12F3N2+. The number of alkyl halides is 3. The Morgan fingerprint density at radius 3 is 2.56 bits per heavy atom. The van der Waals surface area contributed by atoms with E-state index in [4.69, 9.17) is 0 Å². The van der Waals surface area contributed by atoms with E-state index in [0.717, 1.165) is 11.6 Å². The first-order valence-electron chi connectivity index (χ1n) is 4.99. The zero-order valence-electron chi connectivity index (χ0n) is 9.04. The van der Waals surface area contributed by atoms with Crippen LogP contribution in [-0.4, -0.2) is 4.57 Å². The van der Waals surface area contributed by atoms with E-state index in [9.17, 15) is 13.2 Å². The van der Waals surface area contributed by atoms with Crippen LogP contribution in [-0.2, 0) is 19.8 Å². The first-order valence-corrected chi connectivity index (χ1v) is 4.99. The average molecular weight is 229 g/mol. The van der Waals surface area contributed by atoms with Crippen molar-refractivity contribution in [2.45, 2.75) is 19.6 Å². The fourth-order valence-electron chi connectivity index (χ4n) is 1.81. The zero-order valence-corrected chi connectivity index (χ0v) is 9.04. The number of hydrogen-bond acceptors (Lipinski definition) is 0. The highest BCUT2D eigenvalue weighted by Crippen LogP contribution is 2.30. The molecule has 2 nitrogen and oxygen atoms in total. The second kappa shape index (κ2) is 3.50. The highest BCUT2D eigenvalue weighted by atomic mass is 19.4. The van der Waals surface area contributed by atoms with E-state index in [2.05, 4.69) is 0 Å². The Balaban J connectivity index is 2.69. The first-order chi connectivity index (χ1) is 7.43. The van der Waals surface area contributed by atoms with E-state index in [1.165, 1.54) is 12.1 Å². The van der Waals surface area contributed by atoms with Gasteiger partial charge in [-0.25, -0.2) is 9.13 Å². The molecule has 0 bridgehead atoms. The summed E-state index contributed by atoms with van der Waals surface area (Å²) in [5.74, 6) is 0. The molecule has 1 aromatic heterocycles. The molecule has 16 heavy (non-hydrogen) atoms. The van der Waals surface area contributed by atoms with Gasteiger partial charge in [-0.1, -0.05) is 0 Å². The lowest BCUT2D eigenvalue weighted by atomic mass is 10.2. The van der Waals surface area contributed by atoms with Gasteiger partial charge in [0.2, 0.25) is 6.33 Å². The van der Waals surface area contributed by atoms with Crippen molar-refractivity contribution in [3.8, 4) is 0 Å². The van der Waals surface area contributed by atoms with Gasteiger partial charge in [-0.3, -0.25) is 0 Å². The Hall–Kier alpha value is -1.52. The van der Waals surface area contributed by atoms with Gasteiger partial charge in [0.05, 0.1) is 19.2 Å². The van der Waals surface area contributed by atoms with E-state index in [1.807, 2.05) is 18.5 Å². The van der Waals surface area contributed by atoms with Crippen LogP contribution in [0.5, 0.6) is 0 Å². The van der Waals surface area contributed by atoms with Crippen LogP contribution >= 0.6 is 0 Å². The first kappa shape index (κ1) is 11.0. The number of aryl methyl sites for hydroxylation is 2. The molecule has 0 aliphatic carbocycles. The fraction of sp³-hybridized carbons (Fsp3) is 0.364. The monoisotopic (exact) mass is 229 g/mol. The lowest BCUT2D eigenvalue weighted by Gasteiger charge is -2.05. The maximum atomic E-state index is 12.5. The van der Waals surface area contributed by atoms with Crippen molar-refractivity contribution in [2.75, 3.05) is 0 Å². The van der Waals surface area contributed by atoms with Crippen LogP contribution < -0.4 is 4.57 Å². The molecule has 0 saturated carbocycles. The van der Waals surface area contributed by atoms with Crippen LogP contribution in [0.2, 0.25) is 0 Å². The normalized spacial score (nSPS) is 12.3. The molecule has 0 amide bonds. The molecule has 2 aromatic rings. The van der Waals surface area contributed by atoms with Gasteiger partial charge in [0.25, 0.3) is 0 Å². The highest BCUT2D eigenvalue weighted by molar-refractivity contribution is 5.73. The van der Waals surface area contributed by atoms with Gasteiger partial charge in [-0.05, 0) is 19.1 Å². The minimum absolute atomic E-state index is 0.603. The molecule has 0 N–H and O–H groups in total. The van der Waals surface area contributed by atoms with E-state index >= 15 is 0 Å². The third-order valence-electron chi connectivity index (χ3n) is 2.65. The summed E-state index contributed by atoms with van der Waals surface area (Å²) in [6, 6.07) is 3.81. The second-order valence-corrected chi connectivity index (χ2v) is 3.71. The minimum Gasteiger partial charge on any atom is -0.233 e. The Bertz CT molecular complexity index is 526. The van der Waals surface area contributed by atoms with Crippen molar-refractivity contribution >= 4 is 11.0 Å². The molecule has 0 aliphatic heterocycles. The number of halogens is 3. The third kappa shape index (κ3) is 1.66. The fourth-order valence-corrected chi connectivity index (χ4v) is 1.81. The van der Waals surface area contributed by atoms with Crippen LogP contribution in [0, 0.1) is 0 Å². The summed E-state index contributed by atoms with van der Waals surface area (Å²) in [5, 5.41) is 0. The predicted octanol–water partition coefficient (Wildman–Crippen LogP) is 2.50. The van der Waals surface area contributed by atoms with Crippen LogP contribution in [0.3, 0.4) is 0 Å². The number of rotatable bonds is 1. The molecule has 1 aromatic carbocycles. The van der Waals surface area contributed by atoms with Gasteiger partial charge in [-0.2, -0.15) is 13.2 Å². The zero-order chi connectivity index (χ0) is 11.9. The van der Waals surface area contributed by atoms with Crippen LogP contribution in [0.1, 0.15) is 12.5 Å². The van der Waals surface area contributed by atoms with Gasteiger partial charge in [0.15, 0.2) is 11.0 Å². The van der Waals surface area contributed by atoms with Crippen molar-refractivity contribution in [2.24, 2.45) is 7.05 Å². The molecule has 0 aliphatic rings. The molecule has 86 valence electrons. The standard InChI is InChI=1S/C11H12F3N2/c1-3-16-7-15(2)9-5-4-8(6-10(9)16)11(12,13)14/h4-7H,3H2,1-2H3/q+1. The largest absolute Gasteiger partial charge is 0.416 e. The van der Waals surface area contributed by atoms with Crippen molar-refractivity contribution in [1.82, 2.24) is 4.57 Å². The Morgan fingerprint density at radius 1 is 1.31 bits per heavy atom. The number of benzene rings is 1. The average Bonchev–Trinajstić information content (AvgIpc) is 2.54. The van der Waals surface area contributed by atoms with Crippen molar-refractivity contribution in [1.29, 1.82) is 0 Å². The molecule has 0 atom stereocenters. The summed E-state index contributed by atoms with van der Waals surface area (Å²) in [6.07, 6.45) is -2.49. The number of nitrogens with zero attached hydrogens (tertiary/aromatic N) is 2. The van der Waals surface area contributed by atoms with E-state index < -0.39 is 11.7 Å². The molecule has 0 saturated heterocycles. The van der Waals surface area contributed by atoms with Crippen LogP contribution in [0.25, 0.3) is 11.0 Å². The third-order valence-corrected chi connectivity index (χ3v) is 2.65. The van der Waals surface area contributed by atoms with Gasteiger partial charge < -0.3 is 0 Å². The van der Waals surface area contributed by atoms with Gasteiger partial charge in [0, 0.05) is 6.07 Å². The summed E-state index contributed by atoms with van der Waals surface area (Å²) in [5.41, 5.74) is 0.808. The summed E-state index contributed by atoms with van der Waals surface area (Å²) in [7, 11) is 1.82. The lowest BCUT2D eigenvalue weighted by molar-refractivity contribution is -0.645. The van der Waals surface area contributed by atoms with Gasteiger partial charge in [-0.15, -0.1) is 0 Å². The molecule has 0 spiro atoms. The Morgan fingerprint density at radius 2 is 2.00 bits per heavy atom. The number of hydrogen-bond donors (Lipinski definition) is 0. The quantitative estimate of drug-likeness (QED) is 0.664. The summed E-state index contributed by atoms with van der Waals surface area (Å²) in [4.78, 5) is 0. The molecule has 0 unspecified atom stereocenters.